The molecule has 2 heterocycles. The maximum atomic E-state index is 12.5. The Balaban J connectivity index is 1.64. The summed E-state index contributed by atoms with van der Waals surface area (Å²) in [6, 6.07) is 7.56. The van der Waals surface area contributed by atoms with Gasteiger partial charge in [-0.05, 0) is 58.8 Å². The van der Waals surface area contributed by atoms with Crippen LogP contribution in [0, 0.1) is 6.92 Å². The minimum absolute atomic E-state index is 0.0341. The average molecular weight is 371 g/mol. The number of hydrogen-bond donors (Lipinski definition) is 1. The van der Waals surface area contributed by atoms with E-state index in [1.807, 2.05) is 31.2 Å². The minimum atomic E-state index is -0.0368. The first kappa shape index (κ1) is 19.4. The smallest absolute Gasteiger partial charge is 0.230 e. The summed E-state index contributed by atoms with van der Waals surface area (Å²) in [4.78, 5) is 19.4. The molecular weight excluding hydrogens is 342 g/mol. The Labute approximate surface area is 160 Å². The fraction of sp³-hybridized carbons (Fsp3) is 0.524. The maximum Gasteiger partial charge on any atom is 0.230 e. The van der Waals surface area contributed by atoms with Gasteiger partial charge in [-0.3, -0.25) is 9.69 Å². The molecule has 0 unspecified atom stereocenters. The van der Waals surface area contributed by atoms with Gasteiger partial charge >= 0.3 is 0 Å². The van der Waals surface area contributed by atoms with Crippen LogP contribution in [-0.4, -0.2) is 48.1 Å². The van der Waals surface area contributed by atoms with E-state index in [9.17, 15) is 4.79 Å². The van der Waals surface area contributed by atoms with Gasteiger partial charge in [-0.15, -0.1) is 0 Å². The van der Waals surface area contributed by atoms with E-state index < -0.39 is 0 Å². The van der Waals surface area contributed by atoms with Crippen LogP contribution in [0.2, 0.25) is 0 Å². The van der Waals surface area contributed by atoms with Crippen LogP contribution in [0.3, 0.4) is 0 Å². The Hall–Kier alpha value is -2.34. The number of aromatic nitrogens is 1. The third-order valence-corrected chi connectivity index (χ3v) is 5.24. The van der Waals surface area contributed by atoms with Crippen molar-refractivity contribution in [1.82, 2.24) is 15.2 Å². The molecule has 1 aliphatic heterocycles. The lowest BCUT2D eigenvalue weighted by Crippen LogP contribution is -2.50. The zero-order chi connectivity index (χ0) is 19.4. The summed E-state index contributed by atoms with van der Waals surface area (Å²) in [5.74, 6) is 1.79. The number of para-hydroxylation sites is 1. The monoisotopic (exact) mass is 371 g/mol. The standard InChI is InChI=1S/C21H29N3O3/c1-15-17(23-20(27-15)16-9-5-6-10-18(16)26-4)13-19(25)22-14-21(2,3)24-11-7-8-12-24/h5-6,9-10H,7-8,11-14H2,1-4H3,(H,22,25). The molecule has 1 amide bonds. The van der Waals surface area contributed by atoms with Crippen LogP contribution in [0.1, 0.15) is 38.1 Å². The van der Waals surface area contributed by atoms with E-state index in [0.717, 1.165) is 18.7 Å². The second-order valence-electron chi connectivity index (χ2n) is 7.68. The van der Waals surface area contributed by atoms with Crippen molar-refractivity contribution in [2.45, 2.75) is 45.6 Å². The molecular formula is C21H29N3O3. The Bertz CT molecular complexity index is 792. The molecule has 1 aliphatic rings. The Morgan fingerprint density at radius 1 is 1.30 bits per heavy atom. The maximum absolute atomic E-state index is 12.5. The van der Waals surface area contributed by atoms with E-state index in [4.69, 9.17) is 9.15 Å². The van der Waals surface area contributed by atoms with Crippen LogP contribution >= 0.6 is 0 Å². The van der Waals surface area contributed by atoms with Gasteiger partial charge in [0.05, 0.1) is 24.8 Å². The number of carbonyl (C=O) groups excluding carboxylic acids is 1. The highest BCUT2D eigenvalue weighted by atomic mass is 16.5. The molecule has 1 aromatic heterocycles. The number of likely N-dealkylation sites (tertiary alicyclic amines) is 1. The van der Waals surface area contributed by atoms with Gasteiger partial charge < -0.3 is 14.5 Å². The number of rotatable bonds is 7. The predicted octanol–water partition coefficient (Wildman–Crippen LogP) is 3.19. The van der Waals surface area contributed by atoms with E-state index in [-0.39, 0.29) is 17.9 Å². The van der Waals surface area contributed by atoms with Gasteiger partial charge in [0.15, 0.2) is 0 Å². The van der Waals surface area contributed by atoms with Gasteiger partial charge in [0.2, 0.25) is 11.8 Å². The second-order valence-corrected chi connectivity index (χ2v) is 7.68. The summed E-state index contributed by atoms with van der Waals surface area (Å²) in [7, 11) is 1.62. The van der Waals surface area contributed by atoms with E-state index in [0.29, 0.717) is 29.6 Å². The molecule has 0 saturated carbocycles. The first-order valence-corrected chi connectivity index (χ1v) is 9.52. The number of hydrogen-bond acceptors (Lipinski definition) is 5. The summed E-state index contributed by atoms with van der Waals surface area (Å²) in [6.07, 6.45) is 2.68. The molecule has 146 valence electrons. The molecule has 1 aromatic carbocycles. The molecule has 2 aromatic rings. The van der Waals surface area contributed by atoms with Gasteiger partial charge in [-0.1, -0.05) is 12.1 Å². The number of aryl methyl sites for hydroxylation is 1. The number of oxazole rings is 1. The molecule has 3 rings (SSSR count). The number of methoxy groups -OCH3 is 1. The molecule has 1 fully saturated rings. The topological polar surface area (TPSA) is 67.6 Å². The van der Waals surface area contributed by atoms with E-state index >= 15 is 0 Å². The fourth-order valence-electron chi connectivity index (χ4n) is 3.49. The van der Waals surface area contributed by atoms with Crippen LogP contribution in [0.4, 0.5) is 0 Å². The molecule has 1 N–H and O–H groups in total. The first-order valence-electron chi connectivity index (χ1n) is 9.52. The molecule has 0 aliphatic carbocycles. The number of nitrogens with one attached hydrogen (secondary N) is 1. The lowest BCUT2D eigenvalue weighted by molar-refractivity contribution is -0.121. The van der Waals surface area contributed by atoms with Gasteiger partial charge in [0, 0.05) is 12.1 Å². The largest absolute Gasteiger partial charge is 0.496 e. The van der Waals surface area contributed by atoms with Crippen molar-refractivity contribution < 1.29 is 13.9 Å². The molecule has 0 spiro atoms. The highest BCUT2D eigenvalue weighted by Gasteiger charge is 2.29. The highest BCUT2D eigenvalue weighted by Crippen LogP contribution is 2.30. The van der Waals surface area contributed by atoms with Gasteiger partial charge in [-0.2, -0.15) is 0 Å². The molecule has 0 radical (unpaired) electrons. The van der Waals surface area contributed by atoms with Crippen molar-refractivity contribution in [3.8, 4) is 17.2 Å². The predicted molar refractivity (Wildman–Crippen MR) is 105 cm³/mol. The minimum Gasteiger partial charge on any atom is -0.496 e. The normalized spacial score (nSPS) is 15.1. The summed E-state index contributed by atoms with van der Waals surface area (Å²) >= 11 is 0. The summed E-state index contributed by atoms with van der Waals surface area (Å²) < 4.78 is 11.2. The Kier molecular flexibility index (Phi) is 5.85. The molecule has 0 atom stereocenters. The number of nitrogens with zero attached hydrogens (tertiary/aromatic N) is 2. The van der Waals surface area contributed by atoms with Crippen molar-refractivity contribution in [1.29, 1.82) is 0 Å². The Morgan fingerprint density at radius 3 is 2.70 bits per heavy atom. The lowest BCUT2D eigenvalue weighted by Gasteiger charge is -2.35. The number of ether oxygens (including phenoxy) is 1. The molecule has 6 heteroatoms. The number of amides is 1. The summed E-state index contributed by atoms with van der Waals surface area (Å²) in [5, 5.41) is 3.06. The van der Waals surface area contributed by atoms with E-state index in [1.165, 1.54) is 12.8 Å². The van der Waals surface area contributed by atoms with Gasteiger partial charge in [0.25, 0.3) is 0 Å². The average Bonchev–Trinajstić information content (AvgIpc) is 3.31. The van der Waals surface area contributed by atoms with Crippen molar-refractivity contribution >= 4 is 5.91 Å². The van der Waals surface area contributed by atoms with Crippen LogP contribution in [0.25, 0.3) is 11.5 Å². The highest BCUT2D eigenvalue weighted by molar-refractivity contribution is 5.78. The van der Waals surface area contributed by atoms with Gasteiger partial charge in [-0.25, -0.2) is 4.98 Å². The molecule has 6 nitrogen and oxygen atoms in total. The second kappa shape index (κ2) is 8.13. The summed E-state index contributed by atoms with van der Waals surface area (Å²) in [5.41, 5.74) is 1.41. The van der Waals surface area contributed by atoms with Crippen molar-refractivity contribution in [2.75, 3.05) is 26.7 Å². The number of benzene rings is 1. The fourth-order valence-corrected chi connectivity index (χ4v) is 3.49. The molecule has 0 bridgehead atoms. The SMILES string of the molecule is COc1ccccc1-c1nc(CC(=O)NCC(C)(C)N2CCCC2)c(C)o1. The van der Waals surface area contributed by atoms with E-state index in [2.05, 4.69) is 29.0 Å². The molecule has 27 heavy (non-hydrogen) atoms. The first-order chi connectivity index (χ1) is 12.9. The lowest BCUT2D eigenvalue weighted by atomic mass is 10.0. The number of carbonyl (C=O) groups is 1. The van der Waals surface area contributed by atoms with Crippen LogP contribution < -0.4 is 10.1 Å². The zero-order valence-corrected chi connectivity index (χ0v) is 16.7. The van der Waals surface area contributed by atoms with Crippen molar-refractivity contribution in [3.05, 3.63) is 35.7 Å². The summed E-state index contributed by atoms with van der Waals surface area (Å²) in [6.45, 7) is 9.03. The van der Waals surface area contributed by atoms with Crippen molar-refractivity contribution in [2.24, 2.45) is 0 Å². The quantitative estimate of drug-likeness (QED) is 0.810. The van der Waals surface area contributed by atoms with Crippen LogP contribution in [0.5, 0.6) is 5.75 Å². The van der Waals surface area contributed by atoms with Gasteiger partial charge in [0.1, 0.15) is 11.5 Å². The zero-order valence-electron chi connectivity index (χ0n) is 16.7. The molecule has 1 saturated heterocycles. The van der Waals surface area contributed by atoms with Crippen LogP contribution in [0.15, 0.2) is 28.7 Å². The third kappa shape index (κ3) is 4.50. The van der Waals surface area contributed by atoms with E-state index in [1.54, 1.807) is 7.11 Å². The van der Waals surface area contributed by atoms with Crippen molar-refractivity contribution in [3.63, 3.8) is 0 Å². The Morgan fingerprint density at radius 2 is 2.00 bits per heavy atom. The third-order valence-electron chi connectivity index (χ3n) is 5.24. The van der Waals surface area contributed by atoms with Crippen LogP contribution in [-0.2, 0) is 11.2 Å².